The standard InChI is InChI=1S/C11H8FN3O/c1-7-3-14-10(6-16)15-11(7)8-2-9(12)5-13-4-8/h2-6H,1H3. The lowest BCUT2D eigenvalue weighted by Crippen LogP contribution is -1.98. The summed E-state index contributed by atoms with van der Waals surface area (Å²) in [5.41, 5.74) is 1.81. The highest BCUT2D eigenvalue weighted by atomic mass is 19.1. The number of nitrogens with zero attached hydrogens (tertiary/aromatic N) is 3. The molecule has 0 aliphatic rings. The van der Waals surface area contributed by atoms with Crippen LogP contribution >= 0.6 is 0 Å². The molecule has 0 spiro atoms. The first kappa shape index (κ1) is 10.4. The van der Waals surface area contributed by atoms with Crippen LogP contribution in [0.25, 0.3) is 11.3 Å². The van der Waals surface area contributed by atoms with Crippen molar-refractivity contribution in [2.75, 3.05) is 0 Å². The summed E-state index contributed by atoms with van der Waals surface area (Å²) in [4.78, 5) is 22.1. The van der Waals surface area contributed by atoms with Gasteiger partial charge in [0.25, 0.3) is 0 Å². The number of hydrogen-bond acceptors (Lipinski definition) is 4. The van der Waals surface area contributed by atoms with Gasteiger partial charge in [0.1, 0.15) is 5.82 Å². The van der Waals surface area contributed by atoms with Gasteiger partial charge in [0.05, 0.1) is 11.9 Å². The molecule has 0 aliphatic heterocycles. The molecule has 0 aromatic carbocycles. The summed E-state index contributed by atoms with van der Waals surface area (Å²) in [6.07, 6.45) is 4.68. The minimum atomic E-state index is -0.442. The third kappa shape index (κ3) is 1.93. The lowest BCUT2D eigenvalue weighted by molar-refractivity contribution is 0.111. The average molecular weight is 217 g/mol. The maximum Gasteiger partial charge on any atom is 0.193 e. The SMILES string of the molecule is Cc1cnc(C=O)nc1-c1cncc(F)c1. The van der Waals surface area contributed by atoms with Crippen LogP contribution in [0.15, 0.2) is 24.7 Å². The van der Waals surface area contributed by atoms with Crippen LogP contribution in [0.1, 0.15) is 16.2 Å². The van der Waals surface area contributed by atoms with Crippen molar-refractivity contribution in [3.8, 4) is 11.3 Å². The Hall–Kier alpha value is -2.17. The number of carbonyl (C=O) groups excluding carboxylic acids is 1. The fourth-order valence-corrected chi connectivity index (χ4v) is 1.35. The first-order valence-corrected chi connectivity index (χ1v) is 4.60. The van der Waals surface area contributed by atoms with E-state index >= 15 is 0 Å². The quantitative estimate of drug-likeness (QED) is 0.720. The Balaban J connectivity index is 2.58. The second-order valence-corrected chi connectivity index (χ2v) is 3.27. The molecule has 0 fully saturated rings. The van der Waals surface area contributed by atoms with Crippen molar-refractivity contribution in [2.24, 2.45) is 0 Å². The van der Waals surface area contributed by atoms with E-state index in [-0.39, 0.29) is 5.82 Å². The molecule has 0 bridgehead atoms. The number of rotatable bonds is 2. The number of halogens is 1. The third-order valence-electron chi connectivity index (χ3n) is 2.07. The fraction of sp³-hybridized carbons (Fsp3) is 0.0909. The van der Waals surface area contributed by atoms with Crippen LogP contribution in [0.5, 0.6) is 0 Å². The van der Waals surface area contributed by atoms with Crippen LogP contribution < -0.4 is 0 Å². The van der Waals surface area contributed by atoms with Gasteiger partial charge in [0.15, 0.2) is 12.1 Å². The van der Waals surface area contributed by atoms with Gasteiger partial charge in [-0.1, -0.05) is 0 Å². The zero-order chi connectivity index (χ0) is 11.5. The van der Waals surface area contributed by atoms with Gasteiger partial charge in [-0.15, -0.1) is 0 Å². The maximum absolute atomic E-state index is 13.0. The topological polar surface area (TPSA) is 55.7 Å². The van der Waals surface area contributed by atoms with E-state index in [4.69, 9.17) is 0 Å². The summed E-state index contributed by atoms with van der Waals surface area (Å²) in [6, 6.07) is 1.32. The molecule has 16 heavy (non-hydrogen) atoms. The van der Waals surface area contributed by atoms with Gasteiger partial charge in [0, 0.05) is 18.0 Å². The Morgan fingerprint density at radius 1 is 1.31 bits per heavy atom. The number of carbonyl (C=O) groups is 1. The molecular formula is C11H8FN3O. The monoisotopic (exact) mass is 217 g/mol. The summed E-state index contributed by atoms with van der Waals surface area (Å²) < 4.78 is 13.0. The Morgan fingerprint density at radius 3 is 2.81 bits per heavy atom. The highest BCUT2D eigenvalue weighted by Crippen LogP contribution is 2.19. The molecule has 2 heterocycles. The Kier molecular flexibility index (Phi) is 2.68. The molecule has 0 saturated heterocycles. The fourth-order valence-electron chi connectivity index (χ4n) is 1.35. The van der Waals surface area contributed by atoms with Gasteiger partial charge < -0.3 is 0 Å². The van der Waals surface area contributed by atoms with E-state index in [0.29, 0.717) is 17.5 Å². The van der Waals surface area contributed by atoms with Gasteiger partial charge in [0.2, 0.25) is 0 Å². The summed E-state index contributed by atoms with van der Waals surface area (Å²) in [7, 11) is 0. The van der Waals surface area contributed by atoms with Crippen LogP contribution in [0, 0.1) is 12.7 Å². The molecule has 0 unspecified atom stereocenters. The van der Waals surface area contributed by atoms with Gasteiger partial charge in [-0.3, -0.25) is 9.78 Å². The molecule has 0 atom stereocenters. The number of aldehydes is 1. The van der Waals surface area contributed by atoms with Crippen molar-refractivity contribution in [3.05, 3.63) is 41.9 Å². The third-order valence-corrected chi connectivity index (χ3v) is 2.07. The van der Waals surface area contributed by atoms with Gasteiger partial charge in [-0.25, -0.2) is 14.4 Å². The number of aromatic nitrogens is 3. The number of hydrogen-bond donors (Lipinski definition) is 0. The molecule has 0 N–H and O–H groups in total. The van der Waals surface area contributed by atoms with Crippen molar-refractivity contribution in [1.29, 1.82) is 0 Å². The smallest absolute Gasteiger partial charge is 0.193 e. The van der Waals surface area contributed by atoms with Crippen LogP contribution in [0.4, 0.5) is 4.39 Å². The normalized spacial score (nSPS) is 10.1. The molecule has 80 valence electrons. The average Bonchev–Trinajstić information content (AvgIpc) is 2.30. The molecule has 2 aromatic heterocycles. The first-order valence-electron chi connectivity index (χ1n) is 4.60. The van der Waals surface area contributed by atoms with E-state index in [1.807, 2.05) is 0 Å². The van der Waals surface area contributed by atoms with Crippen molar-refractivity contribution in [1.82, 2.24) is 15.0 Å². The lowest BCUT2D eigenvalue weighted by Gasteiger charge is -2.04. The van der Waals surface area contributed by atoms with Gasteiger partial charge in [-0.2, -0.15) is 0 Å². The zero-order valence-electron chi connectivity index (χ0n) is 8.51. The first-order chi connectivity index (χ1) is 7.70. The summed E-state index contributed by atoms with van der Waals surface area (Å²) in [6.45, 7) is 1.79. The molecular weight excluding hydrogens is 209 g/mol. The molecule has 4 nitrogen and oxygen atoms in total. The summed E-state index contributed by atoms with van der Waals surface area (Å²) in [5, 5.41) is 0. The Labute approximate surface area is 91.2 Å². The number of aryl methyl sites for hydroxylation is 1. The highest BCUT2D eigenvalue weighted by Gasteiger charge is 2.07. The summed E-state index contributed by atoms with van der Waals surface area (Å²) >= 11 is 0. The van der Waals surface area contributed by atoms with Crippen molar-refractivity contribution in [2.45, 2.75) is 6.92 Å². The lowest BCUT2D eigenvalue weighted by atomic mass is 10.1. The minimum absolute atomic E-state index is 0.0739. The molecule has 5 heteroatoms. The predicted octanol–water partition coefficient (Wildman–Crippen LogP) is 1.80. The van der Waals surface area contributed by atoms with Crippen molar-refractivity contribution in [3.63, 3.8) is 0 Å². The van der Waals surface area contributed by atoms with Crippen LogP contribution in [0.2, 0.25) is 0 Å². The molecule has 2 aromatic rings. The second kappa shape index (κ2) is 4.14. The predicted molar refractivity (Wildman–Crippen MR) is 55.3 cm³/mol. The minimum Gasteiger partial charge on any atom is -0.294 e. The second-order valence-electron chi connectivity index (χ2n) is 3.27. The van der Waals surface area contributed by atoms with Gasteiger partial charge in [-0.05, 0) is 18.6 Å². The molecule has 0 saturated carbocycles. The largest absolute Gasteiger partial charge is 0.294 e. The van der Waals surface area contributed by atoms with E-state index in [2.05, 4.69) is 15.0 Å². The van der Waals surface area contributed by atoms with E-state index in [1.54, 1.807) is 6.92 Å². The zero-order valence-corrected chi connectivity index (χ0v) is 8.51. The van der Waals surface area contributed by atoms with Crippen LogP contribution in [0.3, 0.4) is 0 Å². The number of pyridine rings is 1. The molecule has 0 amide bonds. The Morgan fingerprint density at radius 2 is 2.12 bits per heavy atom. The van der Waals surface area contributed by atoms with Crippen molar-refractivity contribution < 1.29 is 9.18 Å². The summed E-state index contributed by atoms with van der Waals surface area (Å²) in [5.74, 6) is -0.368. The highest BCUT2D eigenvalue weighted by molar-refractivity contribution is 5.71. The molecule has 2 rings (SSSR count). The maximum atomic E-state index is 13.0. The Bertz CT molecular complexity index is 543. The van der Waals surface area contributed by atoms with E-state index < -0.39 is 5.82 Å². The molecule has 0 radical (unpaired) electrons. The van der Waals surface area contributed by atoms with E-state index in [1.165, 1.54) is 18.5 Å². The van der Waals surface area contributed by atoms with Gasteiger partial charge >= 0.3 is 0 Å². The van der Waals surface area contributed by atoms with Crippen LogP contribution in [-0.2, 0) is 0 Å². The van der Waals surface area contributed by atoms with E-state index in [0.717, 1.165) is 11.8 Å². The van der Waals surface area contributed by atoms with Crippen LogP contribution in [-0.4, -0.2) is 21.2 Å². The van der Waals surface area contributed by atoms with E-state index in [9.17, 15) is 9.18 Å². The molecule has 0 aliphatic carbocycles. The van der Waals surface area contributed by atoms with Crippen molar-refractivity contribution >= 4 is 6.29 Å².